The molecule has 0 aromatic carbocycles. The van der Waals surface area contributed by atoms with Gasteiger partial charge in [-0.25, -0.2) is 0 Å². The molecule has 2 rings (SSSR count). The third-order valence-corrected chi connectivity index (χ3v) is 3.74. The zero-order valence-corrected chi connectivity index (χ0v) is 13.7. The lowest BCUT2D eigenvalue weighted by Crippen LogP contribution is -2.44. The summed E-state index contributed by atoms with van der Waals surface area (Å²) in [5.74, 6) is 2.08. The number of anilines is 3. The van der Waals surface area contributed by atoms with E-state index >= 15 is 0 Å². The van der Waals surface area contributed by atoms with E-state index in [1.165, 1.54) is 0 Å². The summed E-state index contributed by atoms with van der Waals surface area (Å²) in [4.78, 5) is 13.2. The van der Waals surface area contributed by atoms with Crippen molar-refractivity contribution in [1.82, 2.24) is 14.9 Å². The van der Waals surface area contributed by atoms with Crippen LogP contribution in [-0.2, 0) is 0 Å². The van der Waals surface area contributed by atoms with Gasteiger partial charge in [-0.2, -0.15) is 9.97 Å². The van der Waals surface area contributed by atoms with Crippen LogP contribution in [0.2, 0.25) is 0 Å². The van der Waals surface area contributed by atoms with Gasteiger partial charge >= 0.3 is 0 Å². The van der Waals surface area contributed by atoms with Crippen LogP contribution in [0.4, 0.5) is 17.6 Å². The topological polar surface area (TPSA) is 70.3 Å². The summed E-state index contributed by atoms with van der Waals surface area (Å²) < 4.78 is 0. The maximum atomic E-state index is 5.85. The Morgan fingerprint density at radius 3 is 2.48 bits per heavy atom. The van der Waals surface area contributed by atoms with Crippen LogP contribution in [0.3, 0.4) is 0 Å². The molecule has 2 heterocycles. The Labute approximate surface area is 127 Å². The molecular formula is C15H28N6. The molecule has 1 aromatic heterocycles. The van der Waals surface area contributed by atoms with Gasteiger partial charge in [0.1, 0.15) is 11.6 Å². The lowest BCUT2D eigenvalue weighted by atomic mass is 9.92. The van der Waals surface area contributed by atoms with Crippen molar-refractivity contribution in [3.05, 3.63) is 6.07 Å². The number of nitrogens with one attached hydrogen (secondary N) is 1. The van der Waals surface area contributed by atoms with E-state index in [9.17, 15) is 0 Å². The Bertz CT molecular complexity index is 460. The first-order valence-corrected chi connectivity index (χ1v) is 7.65. The number of rotatable bonds is 4. The molecule has 1 fully saturated rings. The second kappa shape index (κ2) is 6.47. The summed E-state index contributed by atoms with van der Waals surface area (Å²) in [6, 6.07) is 2.00. The molecule has 6 nitrogen and oxygen atoms in total. The zero-order valence-electron chi connectivity index (χ0n) is 13.7. The van der Waals surface area contributed by atoms with E-state index < -0.39 is 0 Å². The molecule has 21 heavy (non-hydrogen) atoms. The molecular weight excluding hydrogens is 264 g/mol. The van der Waals surface area contributed by atoms with E-state index in [0.29, 0.717) is 11.4 Å². The number of hydrogen-bond acceptors (Lipinski definition) is 6. The fraction of sp³-hybridized carbons (Fsp3) is 0.733. The first-order chi connectivity index (χ1) is 9.83. The predicted octanol–water partition coefficient (Wildman–Crippen LogP) is 1.66. The van der Waals surface area contributed by atoms with Gasteiger partial charge in [0.05, 0.1) is 0 Å². The molecule has 0 radical (unpaired) electrons. The third kappa shape index (κ3) is 5.04. The third-order valence-electron chi connectivity index (χ3n) is 3.74. The van der Waals surface area contributed by atoms with Gasteiger partial charge in [0.25, 0.3) is 0 Å². The van der Waals surface area contributed by atoms with E-state index in [4.69, 9.17) is 5.73 Å². The Morgan fingerprint density at radius 2 is 1.86 bits per heavy atom. The molecule has 1 saturated heterocycles. The van der Waals surface area contributed by atoms with Gasteiger partial charge in [0, 0.05) is 38.8 Å². The largest absolute Gasteiger partial charge is 0.370 e. The first kappa shape index (κ1) is 15.8. The average Bonchev–Trinajstić information content (AvgIpc) is 2.37. The minimum atomic E-state index is 0.311. The second-order valence-corrected chi connectivity index (χ2v) is 7.00. The fourth-order valence-electron chi connectivity index (χ4n) is 2.31. The monoisotopic (exact) mass is 292 g/mol. The smallest absolute Gasteiger partial charge is 0.223 e. The van der Waals surface area contributed by atoms with Crippen LogP contribution in [0.25, 0.3) is 0 Å². The van der Waals surface area contributed by atoms with Gasteiger partial charge in [-0.05, 0) is 18.9 Å². The molecule has 0 saturated carbocycles. The lowest BCUT2D eigenvalue weighted by Gasteiger charge is -2.33. The number of nitrogens with zero attached hydrogens (tertiary/aromatic N) is 4. The Kier molecular flexibility index (Phi) is 4.88. The van der Waals surface area contributed by atoms with Crippen LogP contribution >= 0.6 is 0 Å². The van der Waals surface area contributed by atoms with E-state index in [0.717, 1.165) is 50.8 Å². The van der Waals surface area contributed by atoms with Crippen molar-refractivity contribution in [2.24, 2.45) is 5.41 Å². The number of piperazine rings is 1. The summed E-state index contributed by atoms with van der Waals surface area (Å²) >= 11 is 0. The van der Waals surface area contributed by atoms with Crippen molar-refractivity contribution in [2.45, 2.75) is 27.2 Å². The highest BCUT2D eigenvalue weighted by Crippen LogP contribution is 2.21. The van der Waals surface area contributed by atoms with Gasteiger partial charge < -0.3 is 20.9 Å². The van der Waals surface area contributed by atoms with E-state index in [-0.39, 0.29) is 0 Å². The van der Waals surface area contributed by atoms with Gasteiger partial charge in [-0.1, -0.05) is 20.8 Å². The van der Waals surface area contributed by atoms with Crippen molar-refractivity contribution < 1.29 is 0 Å². The van der Waals surface area contributed by atoms with Gasteiger partial charge in [0.2, 0.25) is 5.95 Å². The molecule has 1 aliphatic rings. The van der Waals surface area contributed by atoms with Crippen LogP contribution in [0.5, 0.6) is 0 Å². The number of nitrogens with two attached hydrogens (primary N) is 1. The van der Waals surface area contributed by atoms with Crippen LogP contribution in [0.15, 0.2) is 6.07 Å². The van der Waals surface area contributed by atoms with Crippen LogP contribution in [0.1, 0.15) is 27.2 Å². The van der Waals surface area contributed by atoms with Crippen LogP contribution < -0.4 is 16.0 Å². The highest BCUT2D eigenvalue weighted by molar-refractivity contribution is 5.52. The van der Waals surface area contributed by atoms with E-state index in [1.54, 1.807) is 0 Å². The van der Waals surface area contributed by atoms with Crippen molar-refractivity contribution in [2.75, 3.05) is 55.7 Å². The lowest BCUT2D eigenvalue weighted by molar-refractivity contribution is 0.312. The molecule has 118 valence electrons. The Hall–Kier alpha value is -1.56. The highest BCUT2D eigenvalue weighted by Gasteiger charge is 2.17. The van der Waals surface area contributed by atoms with Gasteiger partial charge in [-0.15, -0.1) is 0 Å². The minimum Gasteiger partial charge on any atom is -0.370 e. The van der Waals surface area contributed by atoms with Crippen molar-refractivity contribution in [3.63, 3.8) is 0 Å². The normalized spacial score (nSPS) is 17.0. The zero-order chi connectivity index (χ0) is 15.5. The number of hydrogen-bond donors (Lipinski definition) is 2. The predicted molar refractivity (Wildman–Crippen MR) is 88.7 cm³/mol. The summed E-state index contributed by atoms with van der Waals surface area (Å²) in [5.41, 5.74) is 6.16. The summed E-state index contributed by atoms with van der Waals surface area (Å²) in [6.45, 7) is 11.7. The maximum absolute atomic E-state index is 5.85. The number of likely N-dealkylation sites (N-methyl/N-ethyl adjacent to an activating group) is 1. The molecule has 0 bridgehead atoms. The number of aromatic nitrogens is 2. The molecule has 0 aliphatic carbocycles. The fourth-order valence-corrected chi connectivity index (χ4v) is 2.31. The van der Waals surface area contributed by atoms with E-state index in [1.807, 2.05) is 6.07 Å². The average molecular weight is 292 g/mol. The number of nitrogen functional groups attached to an aromatic ring is 1. The van der Waals surface area contributed by atoms with Crippen molar-refractivity contribution in [3.8, 4) is 0 Å². The Morgan fingerprint density at radius 1 is 1.19 bits per heavy atom. The van der Waals surface area contributed by atoms with Crippen molar-refractivity contribution >= 4 is 17.6 Å². The van der Waals surface area contributed by atoms with E-state index in [2.05, 4.69) is 52.9 Å². The van der Waals surface area contributed by atoms with Gasteiger partial charge in [0.15, 0.2) is 0 Å². The maximum Gasteiger partial charge on any atom is 0.223 e. The van der Waals surface area contributed by atoms with Crippen molar-refractivity contribution in [1.29, 1.82) is 0 Å². The molecule has 1 aliphatic heterocycles. The SMILES string of the molecule is CN1CCN(c2cc(NCCC(C)(C)C)nc(N)n2)CC1. The molecule has 3 N–H and O–H groups in total. The first-order valence-electron chi connectivity index (χ1n) is 7.65. The molecule has 1 aromatic rings. The molecule has 0 unspecified atom stereocenters. The molecule has 0 spiro atoms. The standard InChI is InChI=1S/C15H28N6/c1-15(2,3)5-6-17-12-11-13(19-14(16)18-12)21-9-7-20(4)8-10-21/h11H,5-10H2,1-4H3,(H3,16,17,18,19). The Balaban J connectivity index is 2.00. The minimum absolute atomic E-state index is 0.311. The highest BCUT2D eigenvalue weighted by atomic mass is 15.3. The summed E-state index contributed by atoms with van der Waals surface area (Å²) in [7, 11) is 2.14. The second-order valence-electron chi connectivity index (χ2n) is 7.00. The molecule has 0 amide bonds. The summed E-state index contributed by atoms with van der Waals surface area (Å²) in [5, 5.41) is 3.36. The summed E-state index contributed by atoms with van der Waals surface area (Å²) in [6.07, 6.45) is 1.08. The molecule has 0 atom stereocenters. The van der Waals surface area contributed by atoms with Gasteiger partial charge in [-0.3, -0.25) is 0 Å². The van der Waals surface area contributed by atoms with Crippen LogP contribution in [-0.4, -0.2) is 54.6 Å². The quantitative estimate of drug-likeness (QED) is 0.879. The molecule has 6 heteroatoms. The van der Waals surface area contributed by atoms with Crippen LogP contribution in [0, 0.1) is 5.41 Å².